The average molecular weight is 531 g/mol. The first kappa shape index (κ1) is 30.8. The minimum absolute atomic E-state index is 0.0715. The second-order valence-corrected chi connectivity index (χ2v) is 10.6. The van der Waals surface area contributed by atoms with Crippen LogP contribution in [0, 0.1) is 5.92 Å². The zero-order chi connectivity index (χ0) is 26.4. The Morgan fingerprint density at radius 3 is 2.09 bits per heavy atom. The monoisotopic (exact) mass is 530 g/mol. The van der Waals surface area contributed by atoms with Gasteiger partial charge in [0.15, 0.2) is 0 Å². The highest BCUT2D eigenvalue weighted by Gasteiger charge is 2.31. The van der Waals surface area contributed by atoms with Crippen LogP contribution in [0.4, 0.5) is 0 Å². The molecule has 0 aliphatic rings. The molecule has 4 unspecified atom stereocenters. The Morgan fingerprint density at radius 2 is 1.54 bits per heavy atom. The van der Waals surface area contributed by atoms with Crippen molar-refractivity contribution in [2.75, 3.05) is 24.0 Å². The summed E-state index contributed by atoms with van der Waals surface area (Å²) in [7, 11) is 0. The van der Waals surface area contributed by atoms with Crippen LogP contribution in [0.25, 0.3) is 0 Å². The van der Waals surface area contributed by atoms with Crippen LogP contribution < -0.4 is 21.7 Å². The molecule has 35 heavy (non-hydrogen) atoms. The molecular formula is C22H38N6O5S2. The summed E-state index contributed by atoms with van der Waals surface area (Å²) in [6.07, 6.45) is 7.86. The van der Waals surface area contributed by atoms with Crippen LogP contribution in [0.2, 0.25) is 0 Å². The van der Waals surface area contributed by atoms with Crippen molar-refractivity contribution in [2.24, 2.45) is 11.7 Å². The van der Waals surface area contributed by atoms with Crippen LogP contribution in [0.15, 0.2) is 12.5 Å². The maximum absolute atomic E-state index is 13.2. The molecule has 4 atom stereocenters. The number of aromatic nitrogens is 2. The smallest absolute Gasteiger partial charge is 0.326 e. The predicted octanol–water partition coefficient (Wildman–Crippen LogP) is 0.371. The molecule has 0 fully saturated rings. The average Bonchev–Trinajstić information content (AvgIpc) is 3.31. The second-order valence-electron chi connectivity index (χ2n) is 8.60. The molecule has 198 valence electrons. The van der Waals surface area contributed by atoms with Gasteiger partial charge in [0.05, 0.1) is 12.4 Å². The minimum Gasteiger partial charge on any atom is -0.480 e. The summed E-state index contributed by atoms with van der Waals surface area (Å²) in [5.41, 5.74) is 6.54. The molecule has 1 aromatic heterocycles. The number of nitrogens with two attached hydrogens (primary N) is 1. The van der Waals surface area contributed by atoms with Crippen molar-refractivity contribution < 1.29 is 24.3 Å². The number of carboxylic acids is 1. The topological polar surface area (TPSA) is 179 Å². The number of carbonyl (C=O) groups is 4. The lowest BCUT2D eigenvalue weighted by Gasteiger charge is -2.26. The third-order valence-corrected chi connectivity index (χ3v) is 6.43. The van der Waals surface area contributed by atoms with Gasteiger partial charge in [-0.25, -0.2) is 9.78 Å². The number of thioether (sulfide) groups is 2. The van der Waals surface area contributed by atoms with Crippen molar-refractivity contribution in [2.45, 2.75) is 63.7 Å². The number of hydrogen-bond donors (Lipinski definition) is 6. The van der Waals surface area contributed by atoms with Crippen LogP contribution in [0.5, 0.6) is 0 Å². The molecule has 0 saturated carbocycles. The van der Waals surface area contributed by atoms with Crippen molar-refractivity contribution in [3.8, 4) is 0 Å². The second kappa shape index (κ2) is 16.4. The largest absolute Gasteiger partial charge is 0.480 e. The molecule has 0 aliphatic carbocycles. The zero-order valence-corrected chi connectivity index (χ0v) is 22.3. The number of nitrogens with one attached hydrogen (secondary N) is 4. The van der Waals surface area contributed by atoms with Gasteiger partial charge in [-0.2, -0.15) is 23.5 Å². The van der Waals surface area contributed by atoms with Crippen molar-refractivity contribution in [1.82, 2.24) is 25.9 Å². The fraction of sp³-hybridized carbons (Fsp3) is 0.682. The zero-order valence-electron chi connectivity index (χ0n) is 20.7. The van der Waals surface area contributed by atoms with Gasteiger partial charge in [0.25, 0.3) is 0 Å². The molecule has 0 saturated heterocycles. The standard InChI is InChI=1S/C22H38N6O5S2/c1-13(2)9-17(27-19(29)15(23)5-7-34-3)20(30)28-18(10-14-11-24-12-25-14)21(31)26-16(22(32)33)6-8-35-4/h11-13,15-18H,5-10,23H2,1-4H3,(H,24,25)(H,26,31)(H,27,29)(H,28,30)(H,32,33). The SMILES string of the molecule is CSCCC(N)C(=O)NC(CC(C)C)C(=O)NC(Cc1cnc[nH]1)C(=O)NC(CCSC)C(=O)O. The molecule has 11 nitrogen and oxygen atoms in total. The van der Waals surface area contributed by atoms with E-state index in [0.717, 1.165) is 0 Å². The highest BCUT2D eigenvalue weighted by molar-refractivity contribution is 7.98. The number of rotatable bonds is 17. The van der Waals surface area contributed by atoms with Gasteiger partial charge in [0.2, 0.25) is 17.7 Å². The summed E-state index contributed by atoms with van der Waals surface area (Å²) in [5, 5.41) is 17.4. The number of H-pyrrole nitrogens is 1. The Hall–Kier alpha value is -2.25. The summed E-state index contributed by atoms with van der Waals surface area (Å²) >= 11 is 3.04. The molecule has 0 radical (unpaired) electrons. The third kappa shape index (κ3) is 11.8. The fourth-order valence-corrected chi connectivity index (χ4v) is 4.18. The summed E-state index contributed by atoms with van der Waals surface area (Å²) in [4.78, 5) is 57.2. The minimum atomic E-state index is -1.15. The van der Waals surface area contributed by atoms with Crippen LogP contribution in [-0.2, 0) is 25.6 Å². The van der Waals surface area contributed by atoms with Crippen molar-refractivity contribution in [3.63, 3.8) is 0 Å². The van der Waals surface area contributed by atoms with Crippen molar-refractivity contribution >= 4 is 47.2 Å². The van der Waals surface area contributed by atoms with E-state index in [0.29, 0.717) is 30.0 Å². The van der Waals surface area contributed by atoms with Crippen LogP contribution in [-0.4, -0.2) is 86.9 Å². The van der Waals surface area contributed by atoms with Gasteiger partial charge < -0.3 is 31.8 Å². The molecule has 0 aliphatic heterocycles. The number of aromatic amines is 1. The first-order valence-electron chi connectivity index (χ1n) is 11.4. The number of imidazole rings is 1. The molecule has 13 heteroatoms. The van der Waals surface area contributed by atoms with Gasteiger partial charge in [0.1, 0.15) is 18.1 Å². The van der Waals surface area contributed by atoms with E-state index in [1.54, 1.807) is 11.8 Å². The summed E-state index contributed by atoms with van der Waals surface area (Å²) in [6, 6.07) is -3.80. The highest BCUT2D eigenvalue weighted by atomic mass is 32.2. The maximum atomic E-state index is 13.2. The quantitative estimate of drug-likeness (QED) is 0.166. The van der Waals surface area contributed by atoms with Gasteiger partial charge >= 0.3 is 5.97 Å². The van der Waals surface area contributed by atoms with E-state index >= 15 is 0 Å². The van der Waals surface area contributed by atoms with E-state index in [9.17, 15) is 24.3 Å². The number of amides is 3. The van der Waals surface area contributed by atoms with Crippen LogP contribution >= 0.6 is 23.5 Å². The Balaban J connectivity index is 3.01. The van der Waals surface area contributed by atoms with Crippen molar-refractivity contribution in [1.29, 1.82) is 0 Å². The molecule has 7 N–H and O–H groups in total. The van der Waals surface area contributed by atoms with Gasteiger partial charge in [-0.3, -0.25) is 14.4 Å². The molecule has 1 aromatic rings. The predicted molar refractivity (Wildman–Crippen MR) is 139 cm³/mol. The van der Waals surface area contributed by atoms with Gasteiger partial charge in [0, 0.05) is 18.3 Å². The summed E-state index contributed by atoms with van der Waals surface area (Å²) < 4.78 is 0. The van der Waals surface area contributed by atoms with Gasteiger partial charge in [-0.15, -0.1) is 0 Å². The molecular weight excluding hydrogens is 492 g/mol. The highest BCUT2D eigenvalue weighted by Crippen LogP contribution is 2.09. The number of aliphatic carboxylic acids is 1. The van der Waals surface area contributed by atoms with E-state index in [-0.39, 0.29) is 18.8 Å². The molecule has 3 amide bonds. The molecule has 0 aromatic carbocycles. The van der Waals surface area contributed by atoms with E-state index in [4.69, 9.17) is 5.73 Å². The molecule has 0 spiro atoms. The number of hydrogen-bond acceptors (Lipinski definition) is 8. The fourth-order valence-electron chi connectivity index (χ4n) is 3.22. The number of nitrogens with zero attached hydrogens (tertiary/aromatic N) is 1. The van der Waals surface area contributed by atoms with E-state index < -0.39 is 47.9 Å². The normalized spacial score (nSPS) is 14.6. The Bertz CT molecular complexity index is 808. The Morgan fingerprint density at radius 1 is 0.971 bits per heavy atom. The van der Waals surface area contributed by atoms with Crippen LogP contribution in [0.3, 0.4) is 0 Å². The summed E-state index contributed by atoms with van der Waals surface area (Å²) in [6.45, 7) is 3.83. The van der Waals surface area contributed by atoms with E-state index in [1.165, 1.54) is 24.3 Å². The first-order chi connectivity index (χ1) is 16.6. The Labute approximate surface area is 214 Å². The Kier molecular flexibility index (Phi) is 14.4. The van der Waals surface area contributed by atoms with Gasteiger partial charge in [-0.05, 0) is 49.2 Å². The third-order valence-electron chi connectivity index (χ3n) is 5.15. The van der Waals surface area contributed by atoms with E-state index in [2.05, 4.69) is 25.9 Å². The van der Waals surface area contributed by atoms with Crippen molar-refractivity contribution in [3.05, 3.63) is 18.2 Å². The molecule has 0 bridgehead atoms. The molecule has 1 rings (SSSR count). The lowest BCUT2D eigenvalue weighted by molar-refractivity contribution is -0.142. The number of carbonyl (C=O) groups excluding carboxylic acids is 3. The summed E-state index contributed by atoms with van der Waals surface area (Å²) in [5.74, 6) is -1.42. The van der Waals surface area contributed by atoms with Gasteiger partial charge in [-0.1, -0.05) is 13.8 Å². The van der Waals surface area contributed by atoms with E-state index in [1.807, 2.05) is 26.4 Å². The lowest BCUT2D eigenvalue weighted by atomic mass is 10.0. The first-order valence-corrected chi connectivity index (χ1v) is 14.2. The lowest BCUT2D eigenvalue weighted by Crippen LogP contribution is -2.58. The van der Waals surface area contributed by atoms with Crippen LogP contribution in [0.1, 0.15) is 38.8 Å². The number of carboxylic acid groups (broad SMARTS) is 1. The molecule has 1 heterocycles. The maximum Gasteiger partial charge on any atom is 0.326 e.